The molecule has 1 fully saturated rings. The zero-order chi connectivity index (χ0) is 9.15. The van der Waals surface area contributed by atoms with Crippen molar-refractivity contribution in [1.82, 2.24) is 5.43 Å². The fourth-order valence-electron chi connectivity index (χ4n) is 2.32. The Bertz CT molecular complexity index is 232. The van der Waals surface area contributed by atoms with Crippen molar-refractivity contribution in [2.24, 2.45) is 10.5 Å². The average molecular weight is 177 g/mol. The molecule has 1 radical (unpaired) electrons. The van der Waals surface area contributed by atoms with E-state index in [1.807, 2.05) is 6.20 Å². The maximum atomic E-state index is 4.20. The summed E-state index contributed by atoms with van der Waals surface area (Å²) in [6.07, 6.45) is 11.9. The Morgan fingerprint density at radius 3 is 2.38 bits per heavy atom. The van der Waals surface area contributed by atoms with Crippen LogP contribution in [0.2, 0.25) is 0 Å². The van der Waals surface area contributed by atoms with E-state index in [-0.39, 0.29) is 0 Å². The molecule has 0 N–H and O–H groups in total. The van der Waals surface area contributed by atoms with Crippen LogP contribution in [0.15, 0.2) is 17.4 Å². The second kappa shape index (κ2) is 3.52. The van der Waals surface area contributed by atoms with Crippen LogP contribution < -0.4 is 5.43 Å². The highest BCUT2D eigenvalue weighted by atomic mass is 15.3. The number of nitrogens with zero attached hydrogens (tertiary/aromatic N) is 2. The number of rotatable bonds is 1. The minimum atomic E-state index is 0.312. The molecule has 2 nitrogen and oxygen atoms in total. The minimum absolute atomic E-state index is 0.312. The van der Waals surface area contributed by atoms with Gasteiger partial charge in [-0.2, -0.15) is 10.5 Å². The summed E-state index contributed by atoms with van der Waals surface area (Å²) in [5.41, 5.74) is 5.44. The van der Waals surface area contributed by atoms with Crippen LogP contribution in [0.1, 0.15) is 45.4 Å². The van der Waals surface area contributed by atoms with Crippen molar-refractivity contribution >= 4 is 5.71 Å². The molecule has 2 rings (SSSR count). The highest BCUT2D eigenvalue weighted by molar-refractivity contribution is 6.00. The molecule has 1 aliphatic carbocycles. The normalized spacial score (nSPS) is 26.4. The third-order valence-corrected chi connectivity index (χ3v) is 3.29. The Balaban J connectivity index is 2.12. The highest BCUT2D eigenvalue weighted by Crippen LogP contribution is 2.36. The summed E-state index contributed by atoms with van der Waals surface area (Å²) >= 11 is 0. The largest absolute Gasteiger partial charge is 0.159 e. The van der Waals surface area contributed by atoms with E-state index in [0.717, 1.165) is 0 Å². The smallest absolute Gasteiger partial charge is 0.0705 e. The molecule has 1 aliphatic heterocycles. The van der Waals surface area contributed by atoms with Crippen LogP contribution in [0.4, 0.5) is 0 Å². The zero-order valence-corrected chi connectivity index (χ0v) is 8.29. The van der Waals surface area contributed by atoms with Crippen LogP contribution in [0.3, 0.4) is 0 Å². The maximum absolute atomic E-state index is 4.20. The molecular formula is C11H17N2. The predicted molar refractivity (Wildman–Crippen MR) is 54.5 cm³/mol. The summed E-state index contributed by atoms with van der Waals surface area (Å²) in [4.78, 5) is 0. The van der Waals surface area contributed by atoms with E-state index in [1.54, 1.807) is 0 Å². The van der Waals surface area contributed by atoms with Gasteiger partial charge in [0.1, 0.15) is 0 Å². The van der Waals surface area contributed by atoms with Gasteiger partial charge in [-0.05, 0) is 18.9 Å². The van der Waals surface area contributed by atoms with Crippen LogP contribution >= 0.6 is 0 Å². The van der Waals surface area contributed by atoms with E-state index in [4.69, 9.17) is 0 Å². The summed E-state index contributed by atoms with van der Waals surface area (Å²) in [5, 5.41) is 4.20. The number of allylic oxidation sites excluding steroid dienone is 1. The molecule has 13 heavy (non-hydrogen) atoms. The lowest BCUT2D eigenvalue weighted by atomic mass is 9.78. The van der Waals surface area contributed by atoms with Crippen molar-refractivity contribution in [3.63, 3.8) is 0 Å². The van der Waals surface area contributed by atoms with Gasteiger partial charge in [0.2, 0.25) is 0 Å². The molecule has 0 saturated heterocycles. The lowest BCUT2D eigenvalue weighted by Crippen LogP contribution is -2.24. The molecule has 2 aliphatic rings. The number of hydrogen-bond acceptors (Lipinski definition) is 1. The first-order chi connectivity index (χ1) is 6.31. The van der Waals surface area contributed by atoms with Crippen LogP contribution in [0.25, 0.3) is 0 Å². The van der Waals surface area contributed by atoms with Crippen LogP contribution in [0, 0.1) is 5.41 Å². The van der Waals surface area contributed by atoms with E-state index in [2.05, 4.69) is 23.5 Å². The molecule has 0 atom stereocenters. The molecule has 1 heterocycles. The second-order valence-corrected chi connectivity index (χ2v) is 4.39. The summed E-state index contributed by atoms with van der Waals surface area (Å²) in [5.74, 6) is 0. The standard InChI is InChI=1S/C11H17N2/c1-11(10-6-9-12-13-10)7-4-2-3-5-8-11/h6,9H,2-5,7-8H2,1H3. The molecule has 0 unspecified atom stereocenters. The summed E-state index contributed by atoms with van der Waals surface area (Å²) < 4.78 is 0. The summed E-state index contributed by atoms with van der Waals surface area (Å²) in [6.45, 7) is 2.34. The van der Waals surface area contributed by atoms with E-state index in [0.29, 0.717) is 5.41 Å². The average Bonchev–Trinajstić information content (AvgIpc) is 2.57. The third kappa shape index (κ3) is 1.77. The zero-order valence-electron chi connectivity index (χ0n) is 8.29. The SMILES string of the molecule is CC1(C2=N[N]C=C2)CCCCCC1. The first kappa shape index (κ1) is 8.79. The fourth-order valence-corrected chi connectivity index (χ4v) is 2.32. The molecule has 0 aromatic heterocycles. The Morgan fingerprint density at radius 2 is 1.85 bits per heavy atom. The Hall–Kier alpha value is -0.790. The molecule has 0 spiro atoms. The Kier molecular flexibility index (Phi) is 2.38. The Morgan fingerprint density at radius 1 is 1.15 bits per heavy atom. The lowest BCUT2D eigenvalue weighted by molar-refractivity contribution is 0.404. The topological polar surface area (TPSA) is 26.5 Å². The van der Waals surface area contributed by atoms with Crippen molar-refractivity contribution in [2.45, 2.75) is 45.4 Å². The molecule has 0 amide bonds. The molecule has 0 bridgehead atoms. The molecular weight excluding hydrogens is 160 g/mol. The van der Waals surface area contributed by atoms with Gasteiger partial charge in [-0.25, -0.2) is 0 Å². The van der Waals surface area contributed by atoms with Crippen LogP contribution in [-0.2, 0) is 0 Å². The minimum Gasteiger partial charge on any atom is -0.159 e. The highest BCUT2D eigenvalue weighted by Gasteiger charge is 2.31. The molecule has 0 aromatic rings. The first-order valence-corrected chi connectivity index (χ1v) is 5.26. The van der Waals surface area contributed by atoms with Crippen LogP contribution in [-0.4, -0.2) is 5.71 Å². The van der Waals surface area contributed by atoms with E-state index in [1.165, 1.54) is 44.2 Å². The molecule has 1 saturated carbocycles. The molecule has 2 heteroatoms. The van der Waals surface area contributed by atoms with E-state index < -0.39 is 0 Å². The maximum Gasteiger partial charge on any atom is 0.0705 e. The predicted octanol–water partition coefficient (Wildman–Crippen LogP) is 2.83. The van der Waals surface area contributed by atoms with Crippen molar-refractivity contribution in [3.8, 4) is 0 Å². The van der Waals surface area contributed by atoms with Crippen molar-refractivity contribution in [3.05, 3.63) is 12.3 Å². The summed E-state index contributed by atoms with van der Waals surface area (Å²) in [7, 11) is 0. The van der Waals surface area contributed by atoms with Gasteiger partial charge in [-0.15, -0.1) is 0 Å². The van der Waals surface area contributed by atoms with Crippen molar-refractivity contribution in [1.29, 1.82) is 0 Å². The van der Waals surface area contributed by atoms with Gasteiger partial charge in [-0.1, -0.05) is 32.6 Å². The van der Waals surface area contributed by atoms with E-state index >= 15 is 0 Å². The fraction of sp³-hybridized carbons (Fsp3) is 0.727. The Labute approximate surface area is 80.1 Å². The lowest BCUT2D eigenvalue weighted by Gasteiger charge is -2.26. The van der Waals surface area contributed by atoms with Gasteiger partial charge < -0.3 is 0 Å². The first-order valence-electron chi connectivity index (χ1n) is 5.26. The van der Waals surface area contributed by atoms with Gasteiger partial charge in [0.25, 0.3) is 0 Å². The monoisotopic (exact) mass is 177 g/mol. The van der Waals surface area contributed by atoms with Gasteiger partial charge >= 0.3 is 0 Å². The van der Waals surface area contributed by atoms with Crippen molar-refractivity contribution in [2.75, 3.05) is 0 Å². The van der Waals surface area contributed by atoms with Gasteiger partial charge in [0.05, 0.1) is 11.9 Å². The molecule has 71 valence electrons. The van der Waals surface area contributed by atoms with Gasteiger partial charge in [-0.3, -0.25) is 0 Å². The molecule has 0 aromatic carbocycles. The third-order valence-electron chi connectivity index (χ3n) is 3.29. The quantitative estimate of drug-likeness (QED) is 0.551. The van der Waals surface area contributed by atoms with Crippen LogP contribution in [0.5, 0.6) is 0 Å². The van der Waals surface area contributed by atoms with E-state index in [9.17, 15) is 0 Å². The summed E-state index contributed by atoms with van der Waals surface area (Å²) in [6, 6.07) is 0. The number of hydrogen-bond donors (Lipinski definition) is 0. The second-order valence-electron chi connectivity index (χ2n) is 4.39. The van der Waals surface area contributed by atoms with Crippen molar-refractivity contribution < 1.29 is 0 Å². The van der Waals surface area contributed by atoms with Gasteiger partial charge in [0, 0.05) is 5.41 Å². The van der Waals surface area contributed by atoms with Gasteiger partial charge in [0.15, 0.2) is 0 Å².